The topological polar surface area (TPSA) is 108 Å². The van der Waals surface area contributed by atoms with Crippen LogP contribution in [0.25, 0.3) is 28.0 Å². The molecule has 0 radical (unpaired) electrons. The summed E-state index contributed by atoms with van der Waals surface area (Å²) >= 11 is 7.11. The van der Waals surface area contributed by atoms with Gasteiger partial charge in [-0.15, -0.1) is 0 Å². The maximum Gasteiger partial charge on any atom is 0.355 e. The van der Waals surface area contributed by atoms with Gasteiger partial charge in [0, 0.05) is 45.5 Å². The highest BCUT2D eigenvalue weighted by molar-refractivity contribution is 6.37. The van der Waals surface area contributed by atoms with Crippen LogP contribution in [0.3, 0.4) is 0 Å². The number of aryl methyl sites for hydroxylation is 1. The van der Waals surface area contributed by atoms with Crippen molar-refractivity contribution < 1.29 is 14.3 Å². The zero-order valence-electron chi connectivity index (χ0n) is 25.0. The lowest BCUT2D eigenvalue weighted by Gasteiger charge is -2.44. The van der Waals surface area contributed by atoms with Gasteiger partial charge in [0.2, 0.25) is 5.91 Å². The van der Waals surface area contributed by atoms with Gasteiger partial charge in [-0.25, -0.2) is 18.7 Å². The molecule has 0 spiro atoms. The summed E-state index contributed by atoms with van der Waals surface area (Å²) in [5.74, 6) is -0.835. The minimum atomic E-state index is -0.703. The van der Waals surface area contributed by atoms with E-state index in [9.17, 15) is 14.7 Å². The first-order valence-electron chi connectivity index (χ1n) is 14.5. The summed E-state index contributed by atoms with van der Waals surface area (Å²) in [6.45, 7) is 11.3. The predicted octanol–water partition coefficient (Wildman–Crippen LogP) is 4.82. The molecule has 5 heterocycles. The van der Waals surface area contributed by atoms with E-state index in [1.54, 1.807) is 11.1 Å². The number of carbonyl (C=O) groups is 1. The van der Waals surface area contributed by atoms with Gasteiger partial charge in [-0.3, -0.25) is 9.78 Å². The number of fused-ring (bicyclic) bond motifs is 2. The second-order valence-corrected chi connectivity index (χ2v) is 11.9. The van der Waals surface area contributed by atoms with Crippen molar-refractivity contribution in [2.24, 2.45) is 0 Å². The summed E-state index contributed by atoms with van der Waals surface area (Å²) in [6.07, 6.45) is 3.63. The van der Waals surface area contributed by atoms with E-state index in [4.69, 9.17) is 16.6 Å². The van der Waals surface area contributed by atoms with Gasteiger partial charge in [0.1, 0.15) is 23.1 Å². The van der Waals surface area contributed by atoms with E-state index in [1.165, 1.54) is 28.8 Å². The van der Waals surface area contributed by atoms with E-state index >= 15 is 4.39 Å². The van der Waals surface area contributed by atoms with Crippen molar-refractivity contribution in [3.8, 4) is 22.7 Å². The second-order valence-electron chi connectivity index (χ2n) is 11.6. The molecule has 1 N–H and O–H groups in total. The van der Waals surface area contributed by atoms with Crippen LogP contribution in [0.1, 0.15) is 37.4 Å². The molecule has 2 aliphatic rings. The van der Waals surface area contributed by atoms with Crippen LogP contribution in [-0.2, 0) is 4.79 Å². The highest BCUT2D eigenvalue weighted by Gasteiger charge is 2.36. The molecule has 44 heavy (non-hydrogen) atoms. The van der Waals surface area contributed by atoms with Crippen molar-refractivity contribution in [3.05, 3.63) is 75.7 Å². The lowest BCUT2D eigenvalue weighted by atomic mass is 10.0. The number of hydrogen-bond acceptors (Lipinski definition) is 8. The van der Waals surface area contributed by atoms with Crippen molar-refractivity contribution in [1.82, 2.24) is 24.4 Å². The van der Waals surface area contributed by atoms with Crippen LogP contribution < -0.4 is 15.5 Å². The molecule has 1 aromatic carbocycles. The molecule has 228 valence electrons. The summed E-state index contributed by atoms with van der Waals surface area (Å²) in [5.41, 5.74) is 1.99. The first-order chi connectivity index (χ1) is 21.0. The lowest BCUT2D eigenvalue weighted by Crippen LogP contribution is -2.56. The first kappa shape index (κ1) is 29.6. The van der Waals surface area contributed by atoms with Crippen molar-refractivity contribution in [2.75, 3.05) is 43.0 Å². The Kier molecular flexibility index (Phi) is 7.53. The number of phenols is 1. The fourth-order valence-electron chi connectivity index (χ4n) is 6.32. The fourth-order valence-corrected chi connectivity index (χ4v) is 6.70. The summed E-state index contributed by atoms with van der Waals surface area (Å²) < 4.78 is 16.8. The number of benzene rings is 1. The smallest absolute Gasteiger partial charge is 0.355 e. The number of anilines is 2. The van der Waals surface area contributed by atoms with E-state index in [0.717, 1.165) is 5.56 Å². The summed E-state index contributed by atoms with van der Waals surface area (Å²) in [4.78, 5) is 46.6. The Balaban J connectivity index is 1.75. The first-order valence-corrected chi connectivity index (χ1v) is 14.9. The highest BCUT2D eigenvalue weighted by Crippen LogP contribution is 2.46. The van der Waals surface area contributed by atoms with Gasteiger partial charge in [-0.05, 0) is 49.1 Å². The van der Waals surface area contributed by atoms with Gasteiger partial charge in [0.25, 0.3) is 0 Å². The van der Waals surface area contributed by atoms with Crippen molar-refractivity contribution in [2.45, 2.75) is 39.2 Å². The van der Waals surface area contributed by atoms with E-state index in [0.29, 0.717) is 60.9 Å². The summed E-state index contributed by atoms with van der Waals surface area (Å²) in [5, 5.41) is 11.4. The third-order valence-corrected chi connectivity index (χ3v) is 8.85. The summed E-state index contributed by atoms with van der Waals surface area (Å²) in [6, 6.07) is 5.67. The van der Waals surface area contributed by atoms with Crippen molar-refractivity contribution in [1.29, 1.82) is 0 Å². The van der Waals surface area contributed by atoms with Gasteiger partial charge in [0.15, 0.2) is 5.65 Å². The molecule has 0 bridgehead atoms. The van der Waals surface area contributed by atoms with Crippen LogP contribution in [0.4, 0.5) is 15.9 Å². The molecule has 1 amide bonds. The average Bonchev–Trinajstić information content (AvgIpc) is 2.99. The molecular formula is C32H33ClFN7O3. The monoisotopic (exact) mass is 617 g/mol. The van der Waals surface area contributed by atoms with E-state index in [-0.39, 0.29) is 45.5 Å². The Morgan fingerprint density at radius 1 is 1.18 bits per heavy atom. The number of carbonyl (C=O) groups excluding carboxylic acids is 1. The minimum Gasteiger partial charge on any atom is -0.507 e. The number of nitrogens with zero attached hydrogens (tertiary/aromatic N) is 7. The fraction of sp³-hybridized carbons (Fsp3) is 0.344. The Labute approximate surface area is 259 Å². The summed E-state index contributed by atoms with van der Waals surface area (Å²) in [7, 11) is 1.87. The third-order valence-electron chi connectivity index (χ3n) is 8.50. The van der Waals surface area contributed by atoms with Crippen molar-refractivity contribution >= 4 is 40.0 Å². The molecule has 2 aliphatic heterocycles. The largest absolute Gasteiger partial charge is 0.507 e. The van der Waals surface area contributed by atoms with Crippen LogP contribution in [0, 0.1) is 12.7 Å². The molecule has 0 aliphatic carbocycles. The molecule has 1 unspecified atom stereocenters. The Morgan fingerprint density at radius 2 is 1.95 bits per heavy atom. The van der Waals surface area contributed by atoms with Gasteiger partial charge in [0.05, 0.1) is 33.0 Å². The van der Waals surface area contributed by atoms with E-state index in [1.807, 2.05) is 38.8 Å². The van der Waals surface area contributed by atoms with Crippen LogP contribution in [0.15, 0.2) is 47.9 Å². The van der Waals surface area contributed by atoms with Gasteiger partial charge in [-0.1, -0.05) is 38.1 Å². The molecular weight excluding hydrogens is 585 g/mol. The third kappa shape index (κ3) is 4.66. The zero-order valence-corrected chi connectivity index (χ0v) is 25.8. The molecule has 6 rings (SSSR count). The number of amides is 1. The average molecular weight is 618 g/mol. The molecule has 1 atom stereocenters. The van der Waals surface area contributed by atoms with Gasteiger partial charge >= 0.3 is 5.69 Å². The van der Waals surface area contributed by atoms with Crippen molar-refractivity contribution in [3.63, 3.8) is 0 Å². The van der Waals surface area contributed by atoms with E-state index in [2.05, 4.69) is 21.4 Å². The number of rotatable bonds is 4. The lowest BCUT2D eigenvalue weighted by molar-refractivity contribution is -0.126. The number of pyridine rings is 2. The zero-order chi connectivity index (χ0) is 31.4. The number of aromatic hydroxyl groups is 1. The molecule has 10 nitrogen and oxygen atoms in total. The maximum absolute atomic E-state index is 15.4. The molecule has 3 aromatic heterocycles. The number of aromatic nitrogens is 4. The number of hydrogen-bond donors (Lipinski definition) is 1. The minimum absolute atomic E-state index is 0.00748. The molecule has 1 saturated heterocycles. The number of halogens is 2. The highest BCUT2D eigenvalue weighted by atomic mass is 35.5. The van der Waals surface area contributed by atoms with Crippen LogP contribution in [-0.4, -0.2) is 74.7 Å². The predicted molar refractivity (Wildman–Crippen MR) is 170 cm³/mol. The van der Waals surface area contributed by atoms with E-state index < -0.39 is 11.5 Å². The standard InChI is InChI=1S/C32H33ClFN7O3/c1-6-22(43)39-14-15-40-19(16-39)11-13-38(5)29-24-30(40)37-32(44)41(28-18(4)10-12-35-26(28)17(2)3)31(24)36-27(25(29)33)23-20(34)8-7-9-21(23)42/h6-10,12,17,19,42H,1,11,13-16H2,2-5H3. The molecule has 12 heteroatoms. The Hall–Kier alpha value is -4.51. The van der Waals surface area contributed by atoms with Gasteiger partial charge in [-0.2, -0.15) is 4.98 Å². The molecule has 0 saturated carbocycles. The SMILES string of the molecule is C=CC(=O)N1CCN2c3nc(=O)n(-c4c(C)ccnc4C(C)C)c4nc(-c5c(O)cccc5F)c(Cl)c(c34)N(C)CCC2C1. The van der Waals surface area contributed by atoms with Crippen LogP contribution >= 0.6 is 11.6 Å². The Morgan fingerprint density at radius 3 is 2.66 bits per heavy atom. The maximum atomic E-state index is 15.4. The normalized spacial score (nSPS) is 16.6. The van der Waals surface area contributed by atoms with Crippen LogP contribution in [0.2, 0.25) is 5.02 Å². The number of phenolic OH excluding ortho intramolecular Hbond substituents is 1. The van der Waals surface area contributed by atoms with Gasteiger partial charge < -0.3 is 19.8 Å². The Bertz CT molecular complexity index is 1870. The van der Waals surface area contributed by atoms with Crippen LogP contribution in [0.5, 0.6) is 5.75 Å². The quantitative estimate of drug-likeness (QED) is 0.325. The number of piperazine rings is 1. The second kappa shape index (κ2) is 11.2. The molecule has 4 aromatic rings. The molecule has 1 fully saturated rings.